The first-order valence-corrected chi connectivity index (χ1v) is 4.54. The number of nitrogens with zero attached hydrogens (tertiary/aromatic N) is 1. The molecule has 0 saturated carbocycles. The lowest BCUT2D eigenvalue weighted by Gasteiger charge is -2.06. The summed E-state index contributed by atoms with van der Waals surface area (Å²) in [4.78, 5) is 15.5. The Balaban J connectivity index is 3.61. The average molecular weight is 202 g/mol. The molecule has 0 heterocycles. The van der Waals surface area contributed by atoms with Crippen LogP contribution in [-0.4, -0.2) is 38.0 Å². The Bertz CT molecular complexity index is 202. The van der Waals surface area contributed by atoms with E-state index in [9.17, 15) is 4.79 Å². The van der Waals surface area contributed by atoms with Gasteiger partial charge in [-0.3, -0.25) is 4.79 Å². The van der Waals surface area contributed by atoms with Gasteiger partial charge in [0.2, 0.25) is 0 Å². The monoisotopic (exact) mass is 202 g/mol. The van der Waals surface area contributed by atoms with Gasteiger partial charge >= 0.3 is 0 Å². The lowest BCUT2D eigenvalue weighted by Crippen LogP contribution is -2.22. The second-order valence-corrected chi connectivity index (χ2v) is 3.13. The standard InChI is InChI=1S/C9H18N2O3/c1-7(2)13-5-8(3)11-14-6-9(12)10-4/h7H,5-6H2,1-4H3,(H,10,12)/b11-8+. The molecule has 0 radical (unpaired) electrons. The number of carbonyl (C=O) groups is 1. The van der Waals surface area contributed by atoms with Gasteiger partial charge < -0.3 is 14.9 Å². The zero-order valence-electron chi connectivity index (χ0n) is 9.16. The topological polar surface area (TPSA) is 59.9 Å². The van der Waals surface area contributed by atoms with Gasteiger partial charge in [0.05, 0.1) is 18.4 Å². The van der Waals surface area contributed by atoms with E-state index in [1.165, 1.54) is 0 Å². The molecule has 0 aliphatic heterocycles. The molecule has 14 heavy (non-hydrogen) atoms. The zero-order valence-corrected chi connectivity index (χ0v) is 9.16. The first kappa shape index (κ1) is 12.9. The number of rotatable bonds is 6. The SMILES string of the molecule is CNC(=O)CO/N=C(\C)COC(C)C. The van der Waals surface area contributed by atoms with Crippen LogP contribution >= 0.6 is 0 Å². The van der Waals surface area contributed by atoms with Crippen LogP contribution < -0.4 is 5.32 Å². The first-order chi connectivity index (χ1) is 6.56. The highest BCUT2D eigenvalue weighted by molar-refractivity contribution is 5.82. The van der Waals surface area contributed by atoms with E-state index < -0.39 is 0 Å². The fourth-order valence-electron chi connectivity index (χ4n) is 0.587. The van der Waals surface area contributed by atoms with Crippen molar-refractivity contribution in [3.63, 3.8) is 0 Å². The largest absolute Gasteiger partial charge is 0.386 e. The van der Waals surface area contributed by atoms with E-state index in [0.717, 1.165) is 0 Å². The molecule has 0 aromatic rings. The van der Waals surface area contributed by atoms with Crippen LogP contribution in [0.3, 0.4) is 0 Å². The molecular weight excluding hydrogens is 184 g/mol. The van der Waals surface area contributed by atoms with Crippen LogP contribution in [0.15, 0.2) is 5.16 Å². The molecule has 1 N–H and O–H groups in total. The van der Waals surface area contributed by atoms with Crippen molar-refractivity contribution >= 4 is 11.6 Å². The number of hydrogen-bond donors (Lipinski definition) is 1. The van der Waals surface area contributed by atoms with E-state index in [-0.39, 0.29) is 18.6 Å². The second-order valence-electron chi connectivity index (χ2n) is 3.13. The summed E-state index contributed by atoms with van der Waals surface area (Å²) in [6.45, 7) is 6.03. The van der Waals surface area contributed by atoms with Gasteiger partial charge in [0.25, 0.3) is 5.91 Å². The minimum absolute atomic E-state index is 0.0600. The van der Waals surface area contributed by atoms with Gasteiger partial charge in [-0.15, -0.1) is 0 Å². The van der Waals surface area contributed by atoms with Crippen molar-refractivity contribution in [2.75, 3.05) is 20.3 Å². The zero-order chi connectivity index (χ0) is 11.0. The number of oxime groups is 1. The molecule has 0 aliphatic carbocycles. The van der Waals surface area contributed by atoms with Gasteiger partial charge in [0, 0.05) is 7.05 Å². The summed E-state index contributed by atoms with van der Waals surface area (Å²) in [6.07, 6.45) is 0.166. The van der Waals surface area contributed by atoms with Crippen LogP contribution in [0, 0.1) is 0 Å². The molecule has 0 bridgehead atoms. The third-order valence-corrected chi connectivity index (χ3v) is 1.32. The van der Waals surface area contributed by atoms with E-state index in [1.54, 1.807) is 14.0 Å². The summed E-state index contributed by atoms with van der Waals surface area (Å²) in [5.41, 5.74) is 0.711. The maximum Gasteiger partial charge on any atom is 0.260 e. The predicted octanol–water partition coefficient (Wildman–Crippen LogP) is 0.550. The lowest BCUT2D eigenvalue weighted by molar-refractivity contribution is -0.125. The van der Waals surface area contributed by atoms with Crippen molar-refractivity contribution in [2.45, 2.75) is 26.9 Å². The van der Waals surface area contributed by atoms with Crippen LogP contribution in [0.25, 0.3) is 0 Å². The summed E-state index contributed by atoms with van der Waals surface area (Å²) < 4.78 is 5.28. The Morgan fingerprint density at radius 1 is 1.43 bits per heavy atom. The van der Waals surface area contributed by atoms with Gasteiger partial charge in [-0.2, -0.15) is 0 Å². The molecule has 0 unspecified atom stereocenters. The number of amides is 1. The number of carbonyl (C=O) groups excluding carboxylic acids is 1. The fraction of sp³-hybridized carbons (Fsp3) is 0.778. The van der Waals surface area contributed by atoms with Gasteiger partial charge in [0.1, 0.15) is 0 Å². The van der Waals surface area contributed by atoms with E-state index in [4.69, 9.17) is 9.57 Å². The van der Waals surface area contributed by atoms with E-state index >= 15 is 0 Å². The highest BCUT2D eigenvalue weighted by Gasteiger charge is 1.98. The highest BCUT2D eigenvalue weighted by Crippen LogP contribution is 1.89. The summed E-state index contributed by atoms with van der Waals surface area (Å²) in [6, 6.07) is 0. The van der Waals surface area contributed by atoms with E-state index in [2.05, 4.69) is 10.5 Å². The quantitative estimate of drug-likeness (QED) is 0.505. The normalized spacial score (nSPS) is 11.6. The van der Waals surface area contributed by atoms with Crippen molar-refractivity contribution in [3.05, 3.63) is 0 Å². The maximum atomic E-state index is 10.7. The third kappa shape index (κ3) is 7.54. The van der Waals surface area contributed by atoms with Crippen molar-refractivity contribution in [3.8, 4) is 0 Å². The van der Waals surface area contributed by atoms with Gasteiger partial charge in [0.15, 0.2) is 6.61 Å². The number of nitrogens with one attached hydrogen (secondary N) is 1. The second kappa shape index (κ2) is 7.32. The highest BCUT2D eigenvalue weighted by atomic mass is 16.6. The van der Waals surface area contributed by atoms with Crippen LogP contribution in [0.1, 0.15) is 20.8 Å². The van der Waals surface area contributed by atoms with Crippen molar-refractivity contribution in [1.29, 1.82) is 0 Å². The Labute approximate surface area is 84.4 Å². The summed E-state index contributed by atoms with van der Waals surface area (Å²) >= 11 is 0. The molecule has 0 atom stereocenters. The van der Waals surface area contributed by atoms with E-state index in [0.29, 0.717) is 12.3 Å². The molecular formula is C9H18N2O3. The molecule has 5 heteroatoms. The Morgan fingerprint density at radius 2 is 2.07 bits per heavy atom. The molecule has 0 fully saturated rings. The van der Waals surface area contributed by atoms with E-state index in [1.807, 2.05) is 13.8 Å². The number of ether oxygens (including phenoxy) is 1. The molecule has 0 aromatic heterocycles. The number of likely N-dealkylation sites (N-methyl/N-ethyl adjacent to an activating group) is 1. The van der Waals surface area contributed by atoms with Crippen LogP contribution in [-0.2, 0) is 14.4 Å². The molecule has 1 amide bonds. The lowest BCUT2D eigenvalue weighted by atomic mass is 10.4. The first-order valence-electron chi connectivity index (χ1n) is 4.54. The minimum Gasteiger partial charge on any atom is -0.386 e. The molecule has 0 aromatic carbocycles. The van der Waals surface area contributed by atoms with Crippen molar-refractivity contribution < 1.29 is 14.4 Å². The smallest absolute Gasteiger partial charge is 0.260 e. The molecule has 0 rings (SSSR count). The minimum atomic E-state index is -0.202. The average Bonchev–Trinajstić information content (AvgIpc) is 2.14. The molecule has 5 nitrogen and oxygen atoms in total. The summed E-state index contributed by atoms with van der Waals surface area (Å²) in [5.74, 6) is -0.202. The van der Waals surface area contributed by atoms with Gasteiger partial charge in [-0.1, -0.05) is 5.16 Å². The Morgan fingerprint density at radius 3 is 2.57 bits per heavy atom. The summed E-state index contributed by atoms with van der Waals surface area (Å²) in [7, 11) is 1.55. The maximum absolute atomic E-state index is 10.7. The van der Waals surface area contributed by atoms with Crippen molar-refractivity contribution in [1.82, 2.24) is 5.32 Å². The number of hydrogen-bond acceptors (Lipinski definition) is 4. The van der Waals surface area contributed by atoms with Crippen LogP contribution in [0.2, 0.25) is 0 Å². The van der Waals surface area contributed by atoms with Crippen LogP contribution in [0.5, 0.6) is 0 Å². The van der Waals surface area contributed by atoms with Gasteiger partial charge in [-0.25, -0.2) is 0 Å². The fourth-order valence-corrected chi connectivity index (χ4v) is 0.587. The summed E-state index contributed by atoms with van der Waals surface area (Å²) in [5, 5.41) is 6.14. The van der Waals surface area contributed by atoms with Crippen molar-refractivity contribution in [2.24, 2.45) is 5.16 Å². The predicted molar refractivity (Wildman–Crippen MR) is 54.2 cm³/mol. The third-order valence-electron chi connectivity index (χ3n) is 1.32. The van der Waals surface area contributed by atoms with Gasteiger partial charge in [-0.05, 0) is 20.8 Å². The Kier molecular flexibility index (Phi) is 6.74. The molecule has 82 valence electrons. The molecule has 0 aliphatic rings. The molecule has 0 saturated heterocycles. The Hall–Kier alpha value is -1.10. The molecule has 0 spiro atoms. The van der Waals surface area contributed by atoms with Crippen LogP contribution in [0.4, 0.5) is 0 Å².